The van der Waals surface area contributed by atoms with Crippen LogP contribution in [0.4, 0.5) is 14.5 Å². The normalized spacial score (nSPS) is 12.9. The van der Waals surface area contributed by atoms with Crippen LogP contribution in [0.15, 0.2) is 79.0 Å². The second kappa shape index (κ2) is 14.3. The third-order valence-corrected chi connectivity index (χ3v) is 7.29. The summed E-state index contributed by atoms with van der Waals surface area (Å²) in [6.45, 7) is 5.05. The predicted octanol–water partition coefficient (Wildman–Crippen LogP) is 6.16. The second-order valence-electron chi connectivity index (χ2n) is 10.9. The van der Waals surface area contributed by atoms with Gasteiger partial charge in [0.25, 0.3) is 17.7 Å². The predicted molar refractivity (Wildman–Crippen MR) is 164 cm³/mol. The molecule has 0 fully saturated rings. The number of carbonyl (C=O) groups is 2. The van der Waals surface area contributed by atoms with Crippen LogP contribution < -0.4 is 5.32 Å². The lowest BCUT2D eigenvalue weighted by Gasteiger charge is -2.30. The maximum absolute atomic E-state index is 14.4. The number of halogens is 2. The summed E-state index contributed by atoms with van der Waals surface area (Å²) in [6, 6.07) is 21.0. The number of hydrogen-bond acceptors (Lipinski definition) is 5. The fourth-order valence-corrected chi connectivity index (χ4v) is 4.99. The fraction of sp³-hybridized carbons (Fsp3) is 0.324. The third-order valence-electron chi connectivity index (χ3n) is 7.29. The molecule has 0 bridgehead atoms. The number of alkyl halides is 2. The van der Waals surface area contributed by atoms with Crippen molar-refractivity contribution in [3.8, 4) is 0 Å². The molecule has 2 heterocycles. The molecule has 226 valence electrons. The van der Waals surface area contributed by atoms with Gasteiger partial charge in [-0.1, -0.05) is 36.4 Å². The number of benzene rings is 2. The number of aryl methyl sites for hydroxylation is 1. The van der Waals surface area contributed by atoms with E-state index in [-0.39, 0.29) is 17.4 Å². The molecule has 3 aromatic rings. The van der Waals surface area contributed by atoms with E-state index in [1.165, 1.54) is 12.1 Å². The third kappa shape index (κ3) is 8.65. The molecule has 0 aliphatic carbocycles. The van der Waals surface area contributed by atoms with Gasteiger partial charge in [-0.05, 0) is 73.5 Å². The Morgan fingerprint density at radius 2 is 1.84 bits per heavy atom. The number of nitrogens with one attached hydrogen (secondary N) is 1. The van der Waals surface area contributed by atoms with Crippen LogP contribution in [-0.2, 0) is 30.2 Å². The van der Waals surface area contributed by atoms with E-state index < -0.39 is 5.92 Å². The summed E-state index contributed by atoms with van der Waals surface area (Å²) in [4.78, 5) is 35.0. The topological polar surface area (TPSA) is 74.8 Å². The summed E-state index contributed by atoms with van der Waals surface area (Å²) in [7, 11) is 3.49. The van der Waals surface area contributed by atoms with Crippen LogP contribution in [0.1, 0.15) is 55.6 Å². The first-order valence-corrected chi connectivity index (χ1v) is 14.2. The number of carbonyl (C=O) groups excluding carboxylic acids is 2. The summed E-state index contributed by atoms with van der Waals surface area (Å²) >= 11 is 0. The van der Waals surface area contributed by atoms with Crippen LogP contribution >= 0.6 is 0 Å². The summed E-state index contributed by atoms with van der Waals surface area (Å²) in [5.41, 5.74) is 4.22. The molecule has 1 aromatic heterocycles. The van der Waals surface area contributed by atoms with Gasteiger partial charge >= 0.3 is 0 Å². The van der Waals surface area contributed by atoms with Crippen LogP contribution in [0.25, 0.3) is 0 Å². The smallest absolute Gasteiger partial charge is 0.270 e. The highest BCUT2D eigenvalue weighted by Gasteiger charge is 2.27. The van der Waals surface area contributed by atoms with Gasteiger partial charge in [-0.15, -0.1) is 0 Å². The van der Waals surface area contributed by atoms with E-state index in [9.17, 15) is 18.4 Å². The molecule has 4 rings (SSSR count). The van der Waals surface area contributed by atoms with Crippen LogP contribution in [0.2, 0.25) is 0 Å². The quantitative estimate of drug-likeness (QED) is 0.324. The van der Waals surface area contributed by atoms with E-state index >= 15 is 0 Å². The molecule has 2 aromatic carbocycles. The van der Waals surface area contributed by atoms with Crippen molar-refractivity contribution >= 4 is 17.5 Å². The Hall–Kier alpha value is -4.21. The molecule has 7 nitrogen and oxygen atoms in total. The molecule has 2 amide bonds. The van der Waals surface area contributed by atoms with Crippen molar-refractivity contribution in [2.45, 2.75) is 39.3 Å². The summed E-state index contributed by atoms with van der Waals surface area (Å²) in [6.07, 6.45) is 2.06. The minimum absolute atomic E-state index is 0.147. The lowest BCUT2D eigenvalue weighted by Crippen LogP contribution is -2.36. The van der Waals surface area contributed by atoms with Gasteiger partial charge < -0.3 is 15.0 Å². The van der Waals surface area contributed by atoms with Gasteiger partial charge in [0.2, 0.25) is 0 Å². The molecule has 1 N–H and O–H groups in total. The number of ether oxygens (including phenoxy) is 1. The van der Waals surface area contributed by atoms with Crippen molar-refractivity contribution < 1.29 is 23.1 Å². The molecule has 9 heteroatoms. The summed E-state index contributed by atoms with van der Waals surface area (Å²) in [5.74, 6) is -3.60. The second-order valence-corrected chi connectivity index (χ2v) is 10.9. The fourth-order valence-electron chi connectivity index (χ4n) is 4.99. The number of amides is 2. The molecule has 0 spiro atoms. The molecular weight excluding hydrogens is 550 g/mol. The van der Waals surface area contributed by atoms with Crippen LogP contribution in [-0.4, -0.2) is 60.5 Å². The van der Waals surface area contributed by atoms with Gasteiger partial charge in [-0.3, -0.25) is 19.5 Å². The van der Waals surface area contributed by atoms with Gasteiger partial charge in [-0.25, -0.2) is 8.78 Å². The number of aromatic nitrogens is 1. The number of nitrogens with zero attached hydrogens (tertiary/aromatic N) is 3. The number of anilines is 1. The lowest BCUT2D eigenvalue weighted by molar-refractivity contribution is 0.0173. The van der Waals surface area contributed by atoms with E-state index in [1.54, 1.807) is 48.5 Å². The zero-order chi connectivity index (χ0) is 31.0. The maximum atomic E-state index is 14.4. The minimum atomic E-state index is -3.07. The van der Waals surface area contributed by atoms with E-state index in [4.69, 9.17) is 4.74 Å². The molecule has 1 aliphatic rings. The number of rotatable bonds is 9. The first-order valence-electron chi connectivity index (χ1n) is 14.2. The largest absolute Gasteiger partial charge is 0.383 e. The van der Waals surface area contributed by atoms with E-state index in [2.05, 4.69) is 10.3 Å². The molecule has 1 aliphatic heterocycles. The molecule has 43 heavy (non-hydrogen) atoms. The Balaban J connectivity index is 1.55. The van der Waals surface area contributed by atoms with Gasteiger partial charge in [0.1, 0.15) is 0 Å². The SMILES string of the molecule is COCCN(C)Cc1cc(NC(=O)c2cccc3c2CCN(C(=O)c2ccccccc(C)nc2)C3)cc(C(C)(F)F)c1. The number of likely N-dealkylation sites (N-methyl/N-ethyl adjacent to an activating group) is 1. The Labute approximate surface area is 251 Å². The summed E-state index contributed by atoms with van der Waals surface area (Å²) < 4.78 is 33.9. The van der Waals surface area contributed by atoms with E-state index in [0.717, 1.165) is 23.7 Å². The average molecular weight is 589 g/mol. The molecule has 0 unspecified atom stereocenters. The zero-order valence-electron chi connectivity index (χ0n) is 25.1. The molecule has 0 saturated heterocycles. The van der Waals surface area contributed by atoms with E-state index in [1.807, 2.05) is 49.2 Å². The first kappa shape index (κ1) is 31.7. The zero-order valence-corrected chi connectivity index (χ0v) is 25.1. The Morgan fingerprint density at radius 1 is 1.07 bits per heavy atom. The highest BCUT2D eigenvalue weighted by atomic mass is 19.3. The number of hydrogen-bond donors (Lipinski definition) is 1. The van der Waals surface area contributed by atoms with Gasteiger partial charge in [0.05, 0.1) is 12.2 Å². The van der Waals surface area contributed by atoms with Crippen molar-refractivity contribution in [2.75, 3.05) is 39.2 Å². The standard InChI is InChI=1S/C34H38F2N4O3/c1-24-10-7-5-6-8-11-26(21-37-24)33(42)40-15-14-30-27(23-40)12-9-13-31(30)32(41)38-29-19-25(22-39(3)16-17-43-4)18-28(20-29)34(2,35)36/h5-13,18-21H,14-17,22-23H2,1-4H3,(H,38,41). The highest BCUT2D eigenvalue weighted by molar-refractivity contribution is 6.05. The van der Waals surface area contributed by atoms with Gasteiger partial charge in [0.15, 0.2) is 0 Å². The first-order chi connectivity index (χ1) is 20.5. The van der Waals surface area contributed by atoms with Crippen molar-refractivity contribution in [3.05, 3.63) is 118 Å². The molecule has 0 saturated carbocycles. The van der Waals surface area contributed by atoms with Crippen molar-refractivity contribution in [3.63, 3.8) is 0 Å². The Kier molecular flexibility index (Phi) is 10.6. The number of fused-ring (bicyclic) bond motifs is 1. The van der Waals surface area contributed by atoms with Crippen LogP contribution in [0.3, 0.4) is 0 Å². The molecular formula is C34H38F2N4O3. The van der Waals surface area contributed by atoms with Crippen LogP contribution in [0, 0.1) is 6.92 Å². The monoisotopic (exact) mass is 588 g/mol. The summed E-state index contributed by atoms with van der Waals surface area (Å²) in [5, 5.41) is 2.85. The van der Waals surface area contributed by atoms with Crippen LogP contribution in [0.5, 0.6) is 0 Å². The van der Waals surface area contributed by atoms with E-state index in [0.29, 0.717) is 61.6 Å². The number of methoxy groups -OCH3 is 1. The van der Waals surface area contributed by atoms with Crippen molar-refractivity contribution in [1.29, 1.82) is 0 Å². The Bertz CT molecular complexity index is 1520. The average Bonchev–Trinajstić information content (AvgIpc) is 2.97. The highest BCUT2D eigenvalue weighted by Crippen LogP contribution is 2.31. The minimum Gasteiger partial charge on any atom is -0.383 e. The molecule has 0 atom stereocenters. The maximum Gasteiger partial charge on any atom is 0.270 e. The van der Waals surface area contributed by atoms with Gasteiger partial charge in [0, 0.05) is 68.9 Å². The van der Waals surface area contributed by atoms with Crippen molar-refractivity contribution in [2.24, 2.45) is 0 Å². The van der Waals surface area contributed by atoms with Gasteiger partial charge in [-0.2, -0.15) is 0 Å². The molecule has 0 radical (unpaired) electrons. The Morgan fingerprint density at radius 3 is 2.58 bits per heavy atom. The van der Waals surface area contributed by atoms with Crippen molar-refractivity contribution in [1.82, 2.24) is 14.8 Å². The lowest BCUT2D eigenvalue weighted by atomic mass is 9.93.